The number of nitrogens with one attached hydrogen (secondary N) is 1. The van der Waals surface area contributed by atoms with Crippen LogP contribution in [0, 0.1) is 11.3 Å². The van der Waals surface area contributed by atoms with Crippen LogP contribution < -0.4 is 16.0 Å². The predicted molar refractivity (Wildman–Crippen MR) is 85.6 cm³/mol. The van der Waals surface area contributed by atoms with Crippen LogP contribution in [-0.4, -0.2) is 30.8 Å². The summed E-state index contributed by atoms with van der Waals surface area (Å²) < 4.78 is 5.26. The highest BCUT2D eigenvalue weighted by molar-refractivity contribution is 5.68. The van der Waals surface area contributed by atoms with Crippen LogP contribution in [0.25, 0.3) is 0 Å². The number of nitrogens with two attached hydrogens (primary N) is 1. The Hall–Kier alpha value is -2.42. The zero-order valence-electron chi connectivity index (χ0n) is 13.2. The number of carbonyl (C=O) groups is 1. The lowest BCUT2D eigenvalue weighted by Gasteiger charge is -2.22. The number of carbonyl (C=O) groups excluding carboxylic acids is 1. The average Bonchev–Trinajstić information content (AvgIpc) is 2.85. The van der Waals surface area contributed by atoms with E-state index < -0.39 is 11.7 Å². The minimum Gasteiger partial charge on any atom is -0.444 e. The average molecular weight is 302 g/mol. The van der Waals surface area contributed by atoms with Crippen molar-refractivity contribution in [2.24, 2.45) is 0 Å². The van der Waals surface area contributed by atoms with Crippen molar-refractivity contribution in [3.8, 4) is 6.07 Å². The van der Waals surface area contributed by atoms with Gasteiger partial charge < -0.3 is 20.7 Å². The van der Waals surface area contributed by atoms with E-state index in [2.05, 4.69) is 16.3 Å². The molecular formula is C16H22N4O2. The molecule has 2 rings (SSSR count). The Morgan fingerprint density at radius 3 is 2.86 bits per heavy atom. The molecule has 1 saturated heterocycles. The lowest BCUT2D eigenvalue weighted by molar-refractivity contribution is 0.0509. The molecule has 118 valence electrons. The van der Waals surface area contributed by atoms with Crippen LogP contribution in [0.3, 0.4) is 0 Å². The second-order valence-corrected chi connectivity index (χ2v) is 6.46. The first-order valence-electron chi connectivity index (χ1n) is 7.32. The van der Waals surface area contributed by atoms with Gasteiger partial charge in [0.15, 0.2) is 0 Å². The van der Waals surface area contributed by atoms with Crippen molar-refractivity contribution in [1.82, 2.24) is 5.32 Å². The maximum atomic E-state index is 11.8. The molecule has 1 aromatic rings. The molecule has 1 heterocycles. The van der Waals surface area contributed by atoms with E-state index in [1.54, 1.807) is 12.1 Å². The monoisotopic (exact) mass is 302 g/mol. The summed E-state index contributed by atoms with van der Waals surface area (Å²) in [6.07, 6.45) is 0.445. The molecule has 0 spiro atoms. The Bertz CT molecular complexity index is 601. The Morgan fingerprint density at radius 2 is 2.23 bits per heavy atom. The zero-order valence-corrected chi connectivity index (χ0v) is 13.2. The van der Waals surface area contributed by atoms with Gasteiger partial charge in [-0.2, -0.15) is 5.26 Å². The van der Waals surface area contributed by atoms with Crippen molar-refractivity contribution >= 4 is 17.5 Å². The van der Waals surface area contributed by atoms with Crippen molar-refractivity contribution in [3.05, 3.63) is 23.8 Å². The van der Waals surface area contributed by atoms with Crippen LogP contribution in [0.2, 0.25) is 0 Å². The van der Waals surface area contributed by atoms with E-state index in [9.17, 15) is 4.79 Å². The number of amides is 1. The first kappa shape index (κ1) is 16.0. The molecule has 0 bridgehead atoms. The van der Waals surface area contributed by atoms with Gasteiger partial charge in [0.2, 0.25) is 0 Å². The second kappa shape index (κ2) is 6.14. The Labute approximate surface area is 130 Å². The quantitative estimate of drug-likeness (QED) is 0.818. The van der Waals surface area contributed by atoms with E-state index in [0.29, 0.717) is 17.8 Å². The first-order valence-corrected chi connectivity index (χ1v) is 7.32. The number of ether oxygens (including phenoxy) is 1. The zero-order chi connectivity index (χ0) is 16.3. The standard InChI is InChI=1S/C16H22N4O2/c1-16(2,3)22-15(21)19-12-6-7-20(10-12)13-4-5-14(18)11(8-13)9-17/h4-5,8,12H,6-7,10,18H2,1-3H3,(H,19,21). The Balaban J connectivity index is 1.96. The highest BCUT2D eigenvalue weighted by Gasteiger charge is 2.26. The number of anilines is 2. The summed E-state index contributed by atoms with van der Waals surface area (Å²) in [5.41, 5.74) is 7.13. The predicted octanol–water partition coefficient (Wildman–Crippen LogP) is 2.24. The van der Waals surface area contributed by atoms with Gasteiger partial charge in [0.25, 0.3) is 0 Å². The summed E-state index contributed by atoms with van der Waals surface area (Å²) in [5.74, 6) is 0. The summed E-state index contributed by atoms with van der Waals surface area (Å²) in [6.45, 7) is 7.02. The summed E-state index contributed by atoms with van der Waals surface area (Å²) in [7, 11) is 0. The van der Waals surface area contributed by atoms with Crippen molar-refractivity contribution in [3.63, 3.8) is 0 Å². The van der Waals surface area contributed by atoms with Gasteiger partial charge in [0.05, 0.1) is 11.6 Å². The molecule has 1 atom stereocenters. The minimum absolute atomic E-state index is 0.0398. The molecule has 0 aromatic heterocycles. The molecule has 0 saturated carbocycles. The summed E-state index contributed by atoms with van der Waals surface area (Å²) in [4.78, 5) is 13.9. The second-order valence-electron chi connectivity index (χ2n) is 6.46. The third kappa shape index (κ3) is 4.04. The third-order valence-corrected chi connectivity index (χ3v) is 3.43. The lowest BCUT2D eigenvalue weighted by atomic mass is 10.1. The van der Waals surface area contributed by atoms with Crippen LogP contribution in [-0.2, 0) is 4.74 Å². The number of hydrogen-bond donors (Lipinski definition) is 2. The molecule has 1 aromatic carbocycles. The van der Waals surface area contributed by atoms with Crippen molar-refractivity contribution in [2.75, 3.05) is 23.7 Å². The number of benzene rings is 1. The van der Waals surface area contributed by atoms with Crippen LogP contribution in [0.5, 0.6) is 0 Å². The van der Waals surface area contributed by atoms with E-state index in [4.69, 9.17) is 15.7 Å². The number of nitrogen functional groups attached to an aromatic ring is 1. The van der Waals surface area contributed by atoms with Crippen LogP contribution in [0.4, 0.5) is 16.2 Å². The fourth-order valence-corrected chi connectivity index (χ4v) is 2.42. The van der Waals surface area contributed by atoms with Gasteiger partial charge >= 0.3 is 6.09 Å². The third-order valence-electron chi connectivity index (χ3n) is 3.43. The van der Waals surface area contributed by atoms with Crippen molar-refractivity contribution in [1.29, 1.82) is 5.26 Å². The summed E-state index contributed by atoms with van der Waals surface area (Å²) in [6, 6.07) is 7.54. The van der Waals surface area contributed by atoms with Crippen molar-refractivity contribution in [2.45, 2.75) is 38.8 Å². The van der Waals surface area contributed by atoms with E-state index in [1.807, 2.05) is 26.8 Å². The minimum atomic E-state index is -0.499. The largest absolute Gasteiger partial charge is 0.444 e. The molecule has 6 nitrogen and oxygen atoms in total. The molecule has 0 aliphatic carbocycles. The van der Waals surface area contributed by atoms with Crippen molar-refractivity contribution < 1.29 is 9.53 Å². The molecule has 1 fully saturated rings. The van der Waals surface area contributed by atoms with E-state index >= 15 is 0 Å². The lowest BCUT2D eigenvalue weighted by Crippen LogP contribution is -2.40. The normalized spacial score (nSPS) is 17.9. The molecule has 1 aliphatic heterocycles. The fourth-order valence-electron chi connectivity index (χ4n) is 2.42. The molecule has 1 amide bonds. The topological polar surface area (TPSA) is 91.4 Å². The van der Waals surface area contributed by atoms with Crippen LogP contribution in [0.15, 0.2) is 18.2 Å². The fraction of sp³-hybridized carbons (Fsp3) is 0.500. The van der Waals surface area contributed by atoms with E-state index in [-0.39, 0.29) is 6.04 Å². The van der Waals surface area contributed by atoms with Gasteiger partial charge in [-0.3, -0.25) is 0 Å². The maximum absolute atomic E-state index is 11.8. The smallest absolute Gasteiger partial charge is 0.407 e. The van der Waals surface area contributed by atoms with Gasteiger partial charge in [0, 0.05) is 24.5 Å². The number of alkyl carbamates (subject to hydrolysis) is 1. The van der Waals surface area contributed by atoms with Crippen LogP contribution >= 0.6 is 0 Å². The maximum Gasteiger partial charge on any atom is 0.407 e. The molecule has 1 aliphatic rings. The molecular weight excluding hydrogens is 280 g/mol. The summed E-state index contributed by atoms with van der Waals surface area (Å²) in [5, 5.41) is 11.9. The molecule has 3 N–H and O–H groups in total. The van der Waals surface area contributed by atoms with Crippen LogP contribution in [0.1, 0.15) is 32.8 Å². The van der Waals surface area contributed by atoms with Gasteiger partial charge in [-0.25, -0.2) is 4.79 Å². The van der Waals surface area contributed by atoms with E-state index in [1.165, 1.54) is 0 Å². The van der Waals surface area contributed by atoms with Gasteiger partial charge in [0.1, 0.15) is 11.7 Å². The molecule has 6 heteroatoms. The number of rotatable bonds is 2. The highest BCUT2D eigenvalue weighted by atomic mass is 16.6. The number of nitriles is 1. The highest BCUT2D eigenvalue weighted by Crippen LogP contribution is 2.24. The Morgan fingerprint density at radius 1 is 1.50 bits per heavy atom. The van der Waals surface area contributed by atoms with Gasteiger partial charge in [-0.15, -0.1) is 0 Å². The van der Waals surface area contributed by atoms with Gasteiger partial charge in [-0.1, -0.05) is 0 Å². The molecule has 1 unspecified atom stereocenters. The van der Waals surface area contributed by atoms with E-state index in [0.717, 1.165) is 18.7 Å². The summed E-state index contributed by atoms with van der Waals surface area (Å²) >= 11 is 0. The van der Waals surface area contributed by atoms with Gasteiger partial charge in [-0.05, 0) is 45.4 Å². The number of hydrogen-bond acceptors (Lipinski definition) is 5. The number of nitrogens with zero attached hydrogens (tertiary/aromatic N) is 2. The Kier molecular flexibility index (Phi) is 4.45. The SMILES string of the molecule is CC(C)(C)OC(=O)NC1CCN(c2ccc(N)c(C#N)c2)C1. The first-order chi connectivity index (χ1) is 10.3. The molecule has 0 radical (unpaired) electrons. The molecule has 22 heavy (non-hydrogen) atoms.